The third-order valence-corrected chi connectivity index (χ3v) is 24.5. The second-order valence-corrected chi connectivity index (χ2v) is 31.9. The SMILES string of the molecule is CC[C@H](C)[C@@H]1NC(=O)[C@H](CC(C)C)N(C)C(=O)C[C@@H](C(=O)N2CCCCC2)N(C)C(=O)[C@H](C2CCCC2)N(C)C(=O)C2(CCCC2)NC(=O)[C@@H]2CCCN2C(=O)[C@H](CCC2CCC(C(F)(F)F)C(F)C2)NC(=O)CN(C)C(=O)[C@H](CC2CCCCC2)N(C)C(=O)[C@@H]2CCN2C(=O)[C@H](C)N(C)C1=O. The van der Waals surface area contributed by atoms with Crippen LogP contribution < -0.4 is 16.0 Å². The fourth-order valence-electron chi connectivity index (χ4n) is 17.5. The molecule has 3 N–H and O–H groups in total. The Balaban J connectivity index is 1.17. The molecule has 4 aliphatic carbocycles. The largest absolute Gasteiger partial charge is 0.394 e. The van der Waals surface area contributed by atoms with Gasteiger partial charge in [-0.05, 0) is 146 Å². The molecule has 24 nitrogen and oxygen atoms in total. The van der Waals surface area contributed by atoms with Gasteiger partial charge in [-0.1, -0.05) is 91.9 Å². The predicted molar refractivity (Wildman–Crippen MR) is 372 cm³/mol. The average molecular weight is 1440 g/mol. The van der Waals surface area contributed by atoms with Crippen LogP contribution in [0.3, 0.4) is 0 Å². The van der Waals surface area contributed by atoms with Crippen LogP contribution in [0, 0.1) is 35.5 Å². The number of amides is 12. The van der Waals surface area contributed by atoms with E-state index in [2.05, 4.69) is 16.0 Å². The highest BCUT2D eigenvalue weighted by atomic mass is 19.4. The summed E-state index contributed by atoms with van der Waals surface area (Å²) in [4.78, 5) is 193. The van der Waals surface area contributed by atoms with Crippen LogP contribution in [0.25, 0.3) is 0 Å². The van der Waals surface area contributed by atoms with Gasteiger partial charge < -0.3 is 60.0 Å². The molecule has 4 aliphatic heterocycles. The highest BCUT2D eigenvalue weighted by Crippen LogP contribution is 2.43. The Labute approximate surface area is 600 Å². The first-order chi connectivity index (χ1) is 48.2. The summed E-state index contributed by atoms with van der Waals surface area (Å²) >= 11 is 0. The predicted octanol–water partition coefficient (Wildman–Crippen LogP) is 6.36. The first-order valence-corrected chi connectivity index (χ1v) is 38.3. The van der Waals surface area contributed by atoms with Crippen molar-refractivity contribution in [3.63, 3.8) is 0 Å². The van der Waals surface area contributed by atoms with E-state index >= 15 is 38.0 Å². The van der Waals surface area contributed by atoms with Gasteiger partial charge in [0, 0.05) is 68.5 Å². The number of hydrogen-bond acceptors (Lipinski definition) is 12. The molecule has 8 aliphatic rings. The van der Waals surface area contributed by atoms with Crippen LogP contribution in [0.15, 0.2) is 0 Å². The Morgan fingerprint density at radius 2 is 1.21 bits per heavy atom. The van der Waals surface area contributed by atoms with E-state index in [0.717, 1.165) is 56.3 Å². The van der Waals surface area contributed by atoms with Gasteiger partial charge in [0.15, 0.2) is 0 Å². The Morgan fingerprint density at radius 1 is 0.578 bits per heavy atom. The van der Waals surface area contributed by atoms with Crippen molar-refractivity contribution in [3.8, 4) is 0 Å². The van der Waals surface area contributed by atoms with E-state index < -0.39 is 193 Å². The lowest BCUT2D eigenvalue weighted by Gasteiger charge is -2.45. The summed E-state index contributed by atoms with van der Waals surface area (Å²) in [5.74, 6) is -11.2. The number of rotatable bonds is 11. The van der Waals surface area contributed by atoms with E-state index in [0.29, 0.717) is 64.5 Å². The molecule has 28 heteroatoms. The van der Waals surface area contributed by atoms with Crippen LogP contribution in [-0.4, -0.2) is 262 Å². The van der Waals surface area contributed by atoms with Crippen molar-refractivity contribution >= 4 is 70.9 Å². The fraction of sp³-hybridized carbons (Fsp3) is 0.838. The molecule has 574 valence electrons. The summed E-state index contributed by atoms with van der Waals surface area (Å²) < 4.78 is 57.0. The molecule has 8 rings (SSSR count). The van der Waals surface area contributed by atoms with Crippen molar-refractivity contribution in [2.24, 2.45) is 35.5 Å². The number of halogens is 4. The monoisotopic (exact) mass is 1440 g/mol. The molecule has 8 fully saturated rings. The quantitative estimate of drug-likeness (QED) is 0.191. The topological polar surface area (TPSA) is 270 Å². The lowest BCUT2D eigenvalue weighted by Crippen LogP contribution is -2.65. The number of fused-ring (bicyclic) bond motifs is 2. The normalized spacial score (nSPS) is 31.5. The summed E-state index contributed by atoms with van der Waals surface area (Å²) in [6, 6.07) is -10.9. The summed E-state index contributed by atoms with van der Waals surface area (Å²) in [7, 11) is 8.74. The standard InChI is InChI=1S/C74H118F4N12O12/c1-12-46(4)61-70(100)83(7)47(5)65(95)90-39-33-55(90)68(98)85(9)57(42-48-24-15-13-16-25-48)67(97)82(6)44-59(91)79-53(32-30-49-29-31-51(52(75)41-49)74(76,77)78)66(96)89-38-23-28-54(89)64(94)81-73(34-19-20-35-73)72(102)87(11)62(50-26-17-18-27-50)71(101)86(10)58(69(99)88-36-21-14-22-37-88)43-60(92)84(8)56(40-45(2)3)63(93)80-61/h45-58,61-62H,12-44H2,1-11H3,(H,79,91)(H,80,93)(H,81,94)/t46-,47-,49?,51?,52?,53-,54-,55-,56-,57-,58-,61-,62-/m0/s1. The number of nitrogens with one attached hydrogen (secondary N) is 3. The summed E-state index contributed by atoms with van der Waals surface area (Å²) in [6.45, 7) is 9.23. The second kappa shape index (κ2) is 35.4. The number of carbonyl (C=O) groups is 12. The molecule has 4 heterocycles. The van der Waals surface area contributed by atoms with Crippen molar-refractivity contribution in [2.75, 3.05) is 75.0 Å². The highest BCUT2D eigenvalue weighted by molar-refractivity contribution is 6.01. The zero-order chi connectivity index (χ0) is 74.8. The molecule has 0 aromatic rings. The van der Waals surface area contributed by atoms with E-state index in [9.17, 15) is 37.1 Å². The molecule has 4 saturated heterocycles. The van der Waals surface area contributed by atoms with E-state index in [1.54, 1.807) is 11.8 Å². The highest BCUT2D eigenvalue weighted by Gasteiger charge is 2.53. The van der Waals surface area contributed by atoms with Gasteiger partial charge in [0.25, 0.3) is 0 Å². The van der Waals surface area contributed by atoms with Gasteiger partial charge in [-0.3, -0.25) is 57.5 Å². The molecule has 13 atom stereocenters. The van der Waals surface area contributed by atoms with Crippen LogP contribution in [0.5, 0.6) is 0 Å². The zero-order valence-electron chi connectivity index (χ0n) is 62.5. The minimum absolute atomic E-state index is 0.00382. The second-order valence-electron chi connectivity index (χ2n) is 31.9. The maximum absolute atomic E-state index is 15.8. The molecule has 0 aromatic carbocycles. The third kappa shape index (κ3) is 18.9. The van der Waals surface area contributed by atoms with Gasteiger partial charge in [-0.15, -0.1) is 0 Å². The summed E-state index contributed by atoms with van der Waals surface area (Å²) in [5, 5.41) is 8.83. The number of nitrogens with zero attached hydrogens (tertiary/aromatic N) is 9. The van der Waals surface area contributed by atoms with E-state index in [-0.39, 0.29) is 82.7 Å². The first-order valence-electron chi connectivity index (χ1n) is 38.3. The molecule has 1 spiro atoms. The van der Waals surface area contributed by atoms with E-state index in [1.165, 1.54) is 83.5 Å². The van der Waals surface area contributed by atoms with Crippen LogP contribution in [0.2, 0.25) is 0 Å². The van der Waals surface area contributed by atoms with Crippen molar-refractivity contribution in [2.45, 2.75) is 287 Å². The van der Waals surface area contributed by atoms with Crippen LogP contribution in [0.4, 0.5) is 17.6 Å². The summed E-state index contributed by atoms with van der Waals surface area (Å²) in [5.41, 5.74) is -1.57. The number of likely N-dealkylation sites (tertiary alicyclic amines) is 1. The molecular weight excluding hydrogens is 1320 g/mol. The minimum atomic E-state index is -4.75. The zero-order valence-corrected chi connectivity index (χ0v) is 62.5. The van der Waals surface area contributed by atoms with Gasteiger partial charge in [0.1, 0.15) is 66.1 Å². The molecule has 0 bridgehead atoms. The minimum Gasteiger partial charge on any atom is -0.343 e. The van der Waals surface area contributed by atoms with E-state index in [1.807, 2.05) is 20.8 Å². The molecule has 0 radical (unpaired) electrons. The van der Waals surface area contributed by atoms with Crippen LogP contribution in [0.1, 0.15) is 214 Å². The van der Waals surface area contributed by atoms with Gasteiger partial charge in [0.2, 0.25) is 70.9 Å². The van der Waals surface area contributed by atoms with Crippen molar-refractivity contribution < 1.29 is 75.1 Å². The van der Waals surface area contributed by atoms with Gasteiger partial charge in [0.05, 0.1) is 18.9 Å². The molecule has 3 unspecified atom stereocenters. The van der Waals surface area contributed by atoms with Gasteiger partial charge in [-0.25, -0.2) is 4.39 Å². The third-order valence-electron chi connectivity index (χ3n) is 24.5. The number of piperidine rings is 1. The lowest BCUT2D eigenvalue weighted by molar-refractivity contribution is -0.201. The molecule has 4 saturated carbocycles. The average Bonchev–Trinajstić information content (AvgIpc) is 1.74. The Morgan fingerprint density at radius 3 is 1.80 bits per heavy atom. The maximum atomic E-state index is 15.8. The molecule has 102 heavy (non-hydrogen) atoms. The van der Waals surface area contributed by atoms with Gasteiger partial charge in [-0.2, -0.15) is 13.2 Å². The Hall–Kier alpha value is -6.64. The number of carbonyl (C=O) groups excluding carboxylic acids is 12. The van der Waals surface area contributed by atoms with Crippen molar-refractivity contribution in [1.29, 1.82) is 0 Å². The smallest absolute Gasteiger partial charge is 0.343 e. The van der Waals surface area contributed by atoms with Crippen molar-refractivity contribution in [3.05, 3.63) is 0 Å². The number of hydrogen-bond donors (Lipinski definition) is 3. The Kier molecular flexibility index (Phi) is 28.1. The molecule has 0 aromatic heterocycles. The molecule has 12 amide bonds. The fourth-order valence-corrected chi connectivity index (χ4v) is 17.5. The Bertz CT molecular complexity index is 3010. The van der Waals surface area contributed by atoms with Crippen molar-refractivity contribution in [1.82, 2.24) is 60.0 Å². The van der Waals surface area contributed by atoms with Crippen LogP contribution in [-0.2, 0) is 57.5 Å². The lowest BCUT2D eigenvalue weighted by atomic mass is 9.78. The van der Waals surface area contributed by atoms with Gasteiger partial charge >= 0.3 is 6.18 Å². The number of alkyl halides is 4. The maximum Gasteiger partial charge on any atom is 0.394 e. The van der Waals surface area contributed by atoms with E-state index in [4.69, 9.17) is 0 Å². The first kappa shape index (κ1) is 81.0. The summed E-state index contributed by atoms with van der Waals surface area (Å²) in [6.07, 6.45) is 3.55. The van der Waals surface area contributed by atoms with Crippen LogP contribution >= 0.6 is 0 Å². The number of likely N-dealkylation sites (N-methyl/N-ethyl adjacent to an activating group) is 6. The molecular formula is C74H118F4N12O12.